The van der Waals surface area contributed by atoms with Crippen molar-refractivity contribution in [1.29, 1.82) is 0 Å². The van der Waals surface area contributed by atoms with E-state index in [1.54, 1.807) is 20.8 Å². The van der Waals surface area contributed by atoms with Crippen molar-refractivity contribution in [2.24, 2.45) is 0 Å². The number of benzene rings is 1. The van der Waals surface area contributed by atoms with Gasteiger partial charge in [0.25, 0.3) is 5.92 Å². The van der Waals surface area contributed by atoms with Crippen molar-refractivity contribution in [3.8, 4) is 0 Å². The molecule has 118 valence electrons. The molecule has 2 N–H and O–H groups in total. The molecule has 3 nitrogen and oxygen atoms in total. The number of carbonyl (C=O) groups excluding carboxylic acids is 1. The highest BCUT2D eigenvalue weighted by Crippen LogP contribution is 2.38. The largest absolute Gasteiger partial charge is 0.460 e. The van der Waals surface area contributed by atoms with Crippen LogP contribution in [0, 0.1) is 0 Å². The summed E-state index contributed by atoms with van der Waals surface area (Å²) < 4.78 is 46.5. The second-order valence-electron chi connectivity index (χ2n) is 5.88. The molecule has 0 aliphatic rings. The fraction of sp³-hybridized carbons (Fsp3) is 0.533. The maximum absolute atomic E-state index is 13.9. The Hall–Kier alpha value is -1.72. The third-order valence-electron chi connectivity index (χ3n) is 2.66. The molecule has 1 aromatic carbocycles. The second kappa shape index (κ2) is 6.37. The van der Waals surface area contributed by atoms with Crippen LogP contribution in [0.1, 0.15) is 45.3 Å². The van der Waals surface area contributed by atoms with Gasteiger partial charge in [0.1, 0.15) is 5.60 Å². The maximum Gasteiger partial charge on any atom is 0.306 e. The van der Waals surface area contributed by atoms with Gasteiger partial charge in [0.2, 0.25) is 0 Å². The average molecular weight is 303 g/mol. The Morgan fingerprint density at radius 1 is 1.33 bits per heavy atom. The van der Waals surface area contributed by atoms with Crippen LogP contribution in [0.4, 0.5) is 18.9 Å². The molecule has 0 aliphatic carbocycles. The molecule has 1 atom stereocenters. The highest BCUT2D eigenvalue weighted by molar-refractivity contribution is 5.69. The van der Waals surface area contributed by atoms with Crippen molar-refractivity contribution in [2.75, 3.05) is 5.73 Å². The maximum atomic E-state index is 13.9. The minimum absolute atomic E-state index is 0.204. The molecule has 6 heteroatoms. The molecule has 0 saturated heterocycles. The summed E-state index contributed by atoms with van der Waals surface area (Å²) in [5, 5.41) is 0. The van der Waals surface area contributed by atoms with Crippen LogP contribution in [0.25, 0.3) is 0 Å². The molecule has 1 rings (SSSR count). The first-order valence-corrected chi connectivity index (χ1v) is 6.60. The van der Waals surface area contributed by atoms with Gasteiger partial charge in [0, 0.05) is 12.1 Å². The number of ether oxygens (including phenoxy) is 1. The van der Waals surface area contributed by atoms with Gasteiger partial charge in [0.15, 0.2) is 6.17 Å². The third kappa shape index (κ3) is 5.65. The fourth-order valence-electron chi connectivity index (χ4n) is 1.75. The summed E-state index contributed by atoms with van der Waals surface area (Å²) in [6, 6.07) is 5.28. The normalized spacial score (nSPS) is 13.8. The van der Waals surface area contributed by atoms with Crippen molar-refractivity contribution in [1.82, 2.24) is 0 Å². The van der Waals surface area contributed by atoms with Crippen LogP contribution in [0.2, 0.25) is 0 Å². The van der Waals surface area contributed by atoms with Crippen LogP contribution >= 0.6 is 0 Å². The zero-order chi connectivity index (χ0) is 16.3. The van der Waals surface area contributed by atoms with Crippen molar-refractivity contribution in [2.45, 2.75) is 51.3 Å². The first-order chi connectivity index (χ1) is 9.51. The smallest absolute Gasteiger partial charge is 0.306 e. The van der Waals surface area contributed by atoms with Crippen molar-refractivity contribution in [3.05, 3.63) is 29.8 Å². The molecule has 0 aliphatic heterocycles. The van der Waals surface area contributed by atoms with E-state index in [0.717, 1.165) is 6.07 Å². The Morgan fingerprint density at radius 2 is 1.95 bits per heavy atom. The first-order valence-electron chi connectivity index (χ1n) is 6.60. The van der Waals surface area contributed by atoms with Crippen LogP contribution in [0.5, 0.6) is 0 Å². The van der Waals surface area contributed by atoms with E-state index < -0.39 is 36.5 Å². The van der Waals surface area contributed by atoms with E-state index in [1.807, 2.05) is 0 Å². The van der Waals surface area contributed by atoms with Crippen molar-refractivity contribution >= 4 is 11.7 Å². The van der Waals surface area contributed by atoms with Crippen LogP contribution in [0.15, 0.2) is 24.3 Å². The Bertz CT molecular complexity index is 498. The molecule has 0 amide bonds. The van der Waals surface area contributed by atoms with Gasteiger partial charge < -0.3 is 10.5 Å². The third-order valence-corrected chi connectivity index (χ3v) is 2.66. The fourth-order valence-corrected chi connectivity index (χ4v) is 1.75. The standard InChI is InChI=1S/C15H20F3NO2/c1-14(2,3)21-12(20)7-8-15(17,18)13(16)10-5-4-6-11(19)9-10/h4-6,9,13H,7-8,19H2,1-3H3. The number of alkyl halides is 3. The topological polar surface area (TPSA) is 52.3 Å². The van der Waals surface area contributed by atoms with E-state index in [9.17, 15) is 18.0 Å². The summed E-state index contributed by atoms with van der Waals surface area (Å²) in [6.45, 7) is 4.90. The lowest BCUT2D eigenvalue weighted by molar-refractivity contribution is -0.158. The number of hydrogen-bond donors (Lipinski definition) is 1. The number of carbonyl (C=O) groups is 1. The predicted molar refractivity (Wildman–Crippen MR) is 74.7 cm³/mol. The van der Waals surface area contributed by atoms with E-state index in [2.05, 4.69) is 0 Å². The molecule has 0 fully saturated rings. The van der Waals surface area contributed by atoms with Crippen LogP contribution in [-0.2, 0) is 9.53 Å². The number of rotatable bonds is 5. The summed E-state index contributed by atoms with van der Waals surface area (Å²) >= 11 is 0. The summed E-state index contributed by atoms with van der Waals surface area (Å²) in [5.41, 5.74) is 4.69. The van der Waals surface area contributed by atoms with Gasteiger partial charge >= 0.3 is 5.97 Å². The van der Waals surface area contributed by atoms with Gasteiger partial charge in [-0.1, -0.05) is 12.1 Å². The van der Waals surface area contributed by atoms with E-state index in [-0.39, 0.29) is 11.3 Å². The molecule has 0 radical (unpaired) electrons. The van der Waals surface area contributed by atoms with Crippen molar-refractivity contribution < 1.29 is 22.7 Å². The molecular formula is C15H20F3NO2. The number of esters is 1. The lowest BCUT2D eigenvalue weighted by Crippen LogP contribution is -2.28. The summed E-state index contributed by atoms with van der Waals surface area (Å²) in [6.07, 6.45) is -3.98. The molecule has 0 heterocycles. The summed E-state index contributed by atoms with van der Waals surface area (Å²) in [4.78, 5) is 11.4. The van der Waals surface area contributed by atoms with E-state index in [1.165, 1.54) is 18.2 Å². The minimum Gasteiger partial charge on any atom is -0.460 e. The zero-order valence-electron chi connectivity index (χ0n) is 12.3. The molecular weight excluding hydrogens is 283 g/mol. The Kier molecular flexibility index (Phi) is 5.25. The number of halogens is 3. The zero-order valence-corrected chi connectivity index (χ0v) is 12.3. The number of hydrogen-bond acceptors (Lipinski definition) is 3. The molecule has 0 saturated carbocycles. The minimum atomic E-state index is -3.66. The Labute approximate surface area is 122 Å². The Balaban J connectivity index is 2.66. The van der Waals surface area contributed by atoms with E-state index >= 15 is 0 Å². The molecule has 1 aromatic rings. The van der Waals surface area contributed by atoms with Gasteiger partial charge in [-0.2, -0.15) is 0 Å². The molecule has 0 spiro atoms. The predicted octanol–water partition coefficient (Wildman–Crippen LogP) is 4.04. The molecule has 1 unspecified atom stereocenters. The first kappa shape index (κ1) is 17.3. The highest BCUT2D eigenvalue weighted by atomic mass is 19.3. The quantitative estimate of drug-likeness (QED) is 0.660. The summed E-state index contributed by atoms with van der Waals surface area (Å²) in [7, 11) is 0. The monoisotopic (exact) mass is 303 g/mol. The van der Waals surface area contributed by atoms with Crippen LogP contribution in [-0.4, -0.2) is 17.5 Å². The van der Waals surface area contributed by atoms with Gasteiger partial charge in [-0.05, 0) is 38.5 Å². The van der Waals surface area contributed by atoms with Crippen molar-refractivity contribution in [3.63, 3.8) is 0 Å². The van der Waals surface area contributed by atoms with Crippen LogP contribution < -0.4 is 5.73 Å². The SMILES string of the molecule is CC(C)(C)OC(=O)CCC(F)(F)C(F)c1cccc(N)c1. The van der Waals surface area contributed by atoms with E-state index in [4.69, 9.17) is 10.5 Å². The highest BCUT2D eigenvalue weighted by Gasteiger charge is 2.41. The number of nitrogen functional groups attached to an aromatic ring is 1. The van der Waals surface area contributed by atoms with Gasteiger partial charge in [-0.25, -0.2) is 13.2 Å². The molecule has 21 heavy (non-hydrogen) atoms. The number of nitrogens with two attached hydrogens (primary N) is 1. The number of anilines is 1. The summed E-state index contributed by atoms with van der Waals surface area (Å²) in [5.74, 6) is -4.44. The molecule has 0 bridgehead atoms. The van der Waals surface area contributed by atoms with Gasteiger partial charge in [-0.3, -0.25) is 4.79 Å². The van der Waals surface area contributed by atoms with Gasteiger partial charge in [-0.15, -0.1) is 0 Å². The Morgan fingerprint density at radius 3 is 2.48 bits per heavy atom. The average Bonchev–Trinajstić information content (AvgIpc) is 2.33. The van der Waals surface area contributed by atoms with E-state index in [0.29, 0.717) is 0 Å². The molecule has 0 aromatic heterocycles. The lowest BCUT2D eigenvalue weighted by atomic mass is 10.0. The van der Waals surface area contributed by atoms with Crippen LogP contribution in [0.3, 0.4) is 0 Å². The lowest BCUT2D eigenvalue weighted by Gasteiger charge is -2.23. The van der Waals surface area contributed by atoms with Gasteiger partial charge in [0.05, 0.1) is 6.42 Å². The second-order valence-corrected chi connectivity index (χ2v) is 5.88.